The third-order valence-corrected chi connectivity index (χ3v) is 4.54. The number of aromatic nitrogens is 1. The van der Waals surface area contributed by atoms with Gasteiger partial charge in [-0.3, -0.25) is 14.6 Å². The van der Waals surface area contributed by atoms with Crippen molar-refractivity contribution >= 4 is 34.8 Å². The van der Waals surface area contributed by atoms with E-state index in [1.54, 1.807) is 42.6 Å². The molecule has 106 valence electrons. The van der Waals surface area contributed by atoms with Crippen LogP contribution in [0.3, 0.4) is 0 Å². The summed E-state index contributed by atoms with van der Waals surface area (Å²) in [6.45, 7) is 0. The Morgan fingerprint density at radius 3 is 2.43 bits per heavy atom. The highest BCUT2D eigenvalue weighted by molar-refractivity contribution is 6.42. The zero-order valence-corrected chi connectivity index (χ0v) is 12.5. The van der Waals surface area contributed by atoms with Gasteiger partial charge in [-0.2, -0.15) is 0 Å². The summed E-state index contributed by atoms with van der Waals surface area (Å²) in [7, 11) is 0. The number of halogens is 2. The lowest BCUT2D eigenvalue weighted by Crippen LogP contribution is -2.48. The molecule has 0 aliphatic heterocycles. The third kappa shape index (κ3) is 2.37. The zero-order chi connectivity index (χ0) is 15.0. The molecule has 1 aliphatic rings. The highest BCUT2D eigenvalue weighted by Crippen LogP contribution is 2.45. The fourth-order valence-electron chi connectivity index (χ4n) is 2.65. The molecule has 1 aliphatic carbocycles. The summed E-state index contributed by atoms with van der Waals surface area (Å²) in [6.07, 6.45) is 1.93. The molecule has 1 heterocycles. The number of pyridine rings is 1. The van der Waals surface area contributed by atoms with Crippen molar-refractivity contribution < 1.29 is 9.59 Å². The Hall–Kier alpha value is -1.71. The SMILES string of the molecule is O=C1CC(C(=O)c2ccccn2)(c2ccc(Cl)c(Cl)c2)C1. The summed E-state index contributed by atoms with van der Waals surface area (Å²) >= 11 is 12.0. The van der Waals surface area contributed by atoms with E-state index in [2.05, 4.69) is 4.98 Å². The maximum absolute atomic E-state index is 12.8. The summed E-state index contributed by atoms with van der Waals surface area (Å²) in [5.41, 5.74) is 0.211. The van der Waals surface area contributed by atoms with Crippen LogP contribution in [0.1, 0.15) is 28.9 Å². The van der Waals surface area contributed by atoms with Crippen LogP contribution >= 0.6 is 23.2 Å². The molecule has 0 radical (unpaired) electrons. The van der Waals surface area contributed by atoms with Crippen molar-refractivity contribution in [2.75, 3.05) is 0 Å². The first-order chi connectivity index (χ1) is 10.0. The van der Waals surface area contributed by atoms with Gasteiger partial charge in [0.15, 0.2) is 5.78 Å². The first-order valence-corrected chi connectivity index (χ1v) is 7.21. The van der Waals surface area contributed by atoms with Gasteiger partial charge in [0.2, 0.25) is 0 Å². The van der Waals surface area contributed by atoms with Crippen LogP contribution in [0.25, 0.3) is 0 Å². The van der Waals surface area contributed by atoms with E-state index in [-0.39, 0.29) is 24.4 Å². The molecule has 3 rings (SSSR count). The Morgan fingerprint density at radius 1 is 1.10 bits per heavy atom. The number of ketones is 2. The maximum Gasteiger partial charge on any atom is 0.192 e. The number of hydrogen-bond acceptors (Lipinski definition) is 3. The lowest BCUT2D eigenvalue weighted by molar-refractivity contribution is -0.127. The van der Waals surface area contributed by atoms with Crippen LogP contribution in [0.4, 0.5) is 0 Å². The lowest BCUT2D eigenvalue weighted by Gasteiger charge is -2.39. The molecule has 2 aromatic rings. The fourth-order valence-corrected chi connectivity index (χ4v) is 2.95. The van der Waals surface area contributed by atoms with Crippen molar-refractivity contribution in [2.45, 2.75) is 18.3 Å². The van der Waals surface area contributed by atoms with E-state index in [0.717, 1.165) is 0 Å². The Kier molecular flexibility index (Phi) is 3.56. The van der Waals surface area contributed by atoms with Gasteiger partial charge in [0.05, 0.1) is 15.5 Å². The Balaban J connectivity index is 2.06. The number of carbonyl (C=O) groups excluding carboxylic acids is 2. The van der Waals surface area contributed by atoms with Crippen LogP contribution in [-0.2, 0) is 10.2 Å². The van der Waals surface area contributed by atoms with Crippen LogP contribution < -0.4 is 0 Å². The number of nitrogens with zero attached hydrogens (tertiary/aromatic N) is 1. The second-order valence-corrected chi connectivity index (χ2v) is 5.96. The lowest BCUT2D eigenvalue weighted by atomic mass is 9.60. The van der Waals surface area contributed by atoms with Gasteiger partial charge in [-0.25, -0.2) is 0 Å². The minimum atomic E-state index is -0.861. The molecule has 5 heteroatoms. The molecule has 0 atom stereocenters. The minimum Gasteiger partial charge on any atom is -0.300 e. The summed E-state index contributed by atoms with van der Waals surface area (Å²) in [5, 5.41) is 0.799. The van der Waals surface area contributed by atoms with Crippen LogP contribution in [0, 0.1) is 0 Å². The fraction of sp³-hybridized carbons (Fsp3) is 0.188. The van der Waals surface area contributed by atoms with Gasteiger partial charge in [-0.15, -0.1) is 0 Å². The van der Waals surface area contributed by atoms with Gasteiger partial charge in [0, 0.05) is 19.0 Å². The van der Waals surface area contributed by atoms with E-state index >= 15 is 0 Å². The van der Waals surface area contributed by atoms with Crippen LogP contribution in [0.5, 0.6) is 0 Å². The third-order valence-electron chi connectivity index (χ3n) is 3.80. The Bertz CT molecular complexity index is 720. The molecule has 0 amide bonds. The quantitative estimate of drug-likeness (QED) is 0.807. The molecule has 0 saturated heterocycles. The van der Waals surface area contributed by atoms with E-state index in [0.29, 0.717) is 21.3 Å². The van der Waals surface area contributed by atoms with E-state index in [1.807, 2.05) is 0 Å². The van der Waals surface area contributed by atoms with Crippen molar-refractivity contribution in [3.05, 3.63) is 63.9 Å². The van der Waals surface area contributed by atoms with E-state index in [9.17, 15) is 9.59 Å². The number of hydrogen-bond donors (Lipinski definition) is 0. The summed E-state index contributed by atoms with van der Waals surface area (Å²) in [4.78, 5) is 28.4. The average Bonchev–Trinajstić information content (AvgIpc) is 2.47. The van der Waals surface area contributed by atoms with E-state index < -0.39 is 5.41 Å². The largest absolute Gasteiger partial charge is 0.300 e. The monoisotopic (exact) mass is 319 g/mol. The van der Waals surface area contributed by atoms with Gasteiger partial charge in [-0.05, 0) is 29.8 Å². The second-order valence-electron chi connectivity index (χ2n) is 5.15. The van der Waals surface area contributed by atoms with Crippen LogP contribution in [0.2, 0.25) is 10.0 Å². The Morgan fingerprint density at radius 2 is 1.86 bits per heavy atom. The van der Waals surface area contributed by atoms with Gasteiger partial charge in [0.25, 0.3) is 0 Å². The molecule has 0 bridgehead atoms. The standard InChI is InChI=1S/C16H11Cl2NO2/c17-12-5-4-10(7-13(12)18)16(8-11(20)9-16)15(21)14-3-1-2-6-19-14/h1-7H,8-9H2. The van der Waals surface area contributed by atoms with Gasteiger partial charge in [-0.1, -0.05) is 35.3 Å². The van der Waals surface area contributed by atoms with Gasteiger partial charge in [0.1, 0.15) is 11.5 Å². The summed E-state index contributed by atoms with van der Waals surface area (Å²) in [6, 6.07) is 10.2. The molecule has 1 fully saturated rings. The summed E-state index contributed by atoms with van der Waals surface area (Å²) in [5.74, 6) is -0.0913. The van der Waals surface area contributed by atoms with Crippen molar-refractivity contribution in [1.29, 1.82) is 0 Å². The number of carbonyl (C=O) groups is 2. The summed E-state index contributed by atoms with van der Waals surface area (Å²) < 4.78 is 0. The molecular weight excluding hydrogens is 309 g/mol. The Labute approximate surface area is 131 Å². The highest BCUT2D eigenvalue weighted by Gasteiger charge is 2.51. The molecule has 1 saturated carbocycles. The van der Waals surface area contributed by atoms with E-state index in [4.69, 9.17) is 23.2 Å². The predicted octanol–water partition coefficient (Wildman–Crippen LogP) is 3.87. The molecule has 0 N–H and O–H groups in total. The van der Waals surface area contributed by atoms with Gasteiger partial charge < -0.3 is 0 Å². The molecule has 3 nitrogen and oxygen atoms in total. The molecule has 0 unspecified atom stereocenters. The first-order valence-electron chi connectivity index (χ1n) is 6.46. The minimum absolute atomic E-state index is 0.0605. The zero-order valence-electron chi connectivity index (χ0n) is 11.0. The van der Waals surface area contributed by atoms with E-state index in [1.165, 1.54) is 0 Å². The molecule has 21 heavy (non-hydrogen) atoms. The van der Waals surface area contributed by atoms with Crippen LogP contribution in [0.15, 0.2) is 42.6 Å². The number of rotatable bonds is 3. The molecule has 1 aromatic heterocycles. The highest BCUT2D eigenvalue weighted by atomic mass is 35.5. The molecule has 0 spiro atoms. The van der Waals surface area contributed by atoms with Crippen LogP contribution in [-0.4, -0.2) is 16.6 Å². The maximum atomic E-state index is 12.8. The second kappa shape index (κ2) is 5.24. The topological polar surface area (TPSA) is 47.0 Å². The van der Waals surface area contributed by atoms with Crippen molar-refractivity contribution in [3.63, 3.8) is 0 Å². The number of benzene rings is 1. The smallest absolute Gasteiger partial charge is 0.192 e. The molecule has 1 aromatic carbocycles. The van der Waals surface area contributed by atoms with Crippen molar-refractivity contribution in [1.82, 2.24) is 4.98 Å². The van der Waals surface area contributed by atoms with Crippen molar-refractivity contribution in [3.8, 4) is 0 Å². The normalized spacial score (nSPS) is 16.4. The first kappa shape index (κ1) is 14.2. The molecular formula is C16H11Cl2NO2. The van der Waals surface area contributed by atoms with Gasteiger partial charge >= 0.3 is 0 Å². The van der Waals surface area contributed by atoms with Crippen molar-refractivity contribution in [2.24, 2.45) is 0 Å². The predicted molar refractivity (Wildman–Crippen MR) is 80.9 cm³/mol. The number of Topliss-reactive ketones (excluding diaryl/α,β-unsaturated/α-hetero) is 2. The average molecular weight is 320 g/mol.